The summed E-state index contributed by atoms with van der Waals surface area (Å²) >= 11 is 6.51. The van der Waals surface area contributed by atoms with Gasteiger partial charge in [-0.05, 0) is 18.2 Å². The maximum atomic E-state index is 9.88. The first-order valence-corrected chi connectivity index (χ1v) is 10.3. The first kappa shape index (κ1) is 18.8. The Kier molecular flexibility index (Phi) is 4.43. The molecule has 0 spiro atoms. The van der Waals surface area contributed by atoms with Crippen molar-refractivity contribution in [2.45, 2.75) is 24.4 Å². The fourth-order valence-electron chi connectivity index (χ4n) is 4.01. The van der Waals surface area contributed by atoms with Crippen LogP contribution in [0, 0.1) is 0 Å². The Balaban J connectivity index is 1.28. The van der Waals surface area contributed by atoms with Gasteiger partial charge in [0.15, 0.2) is 11.8 Å². The quantitative estimate of drug-likeness (QED) is 0.502. The topological polar surface area (TPSA) is 107 Å². The molecule has 158 valence electrons. The number of aromatic nitrogens is 5. The first-order chi connectivity index (χ1) is 15.2. The van der Waals surface area contributed by atoms with Crippen molar-refractivity contribution < 1.29 is 19.3 Å². The van der Waals surface area contributed by atoms with Crippen molar-refractivity contribution in [2.75, 3.05) is 13.2 Å². The van der Waals surface area contributed by atoms with E-state index in [1.807, 2.05) is 36.5 Å². The standard InChI is InChI=1S/C21H18ClN5O4/c22-13-6-14-20(25-17(13)11-7-23-27(8-11)12-4-2-1-3-5-12)26-21(24-14)31-16-10-30-18-15(28)9-29-19(16)18/h1-8,15-16,18-19,28H,9-10H2,(H,24,25,26)/t15-,16-,18-,19-/m1/s1. The van der Waals surface area contributed by atoms with Crippen molar-refractivity contribution in [3.63, 3.8) is 0 Å². The summed E-state index contributed by atoms with van der Waals surface area (Å²) in [6.07, 6.45) is 1.92. The number of pyridine rings is 1. The largest absolute Gasteiger partial charge is 0.456 e. The van der Waals surface area contributed by atoms with Crippen molar-refractivity contribution in [1.29, 1.82) is 0 Å². The molecule has 2 aliphatic rings. The average Bonchev–Trinajstić information content (AvgIpc) is 3.55. The summed E-state index contributed by atoms with van der Waals surface area (Å²) in [5.41, 5.74) is 3.44. The zero-order valence-corrected chi connectivity index (χ0v) is 16.9. The van der Waals surface area contributed by atoms with Gasteiger partial charge in [-0.2, -0.15) is 10.1 Å². The SMILES string of the molecule is O[C@@H]1CO[C@H]2[C@@H]1OC[C@H]2Oc1nc2nc(-c3cnn(-c4ccccc4)c3)c(Cl)cc2[nH]1. The van der Waals surface area contributed by atoms with Crippen LogP contribution in [0.25, 0.3) is 28.1 Å². The van der Waals surface area contributed by atoms with Crippen LogP contribution in [0.2, 0.25) is 5.02 Å². The highest BCUT2D eigenvalue weighted by atomic mass is 35.5. The minimum absolute atomic E-state index is 0.243. The number of nitrogens with one attached hydrogen (secondary N) is 1. The van der Waals surface area contributed by atoms with Crippen molar-refractivity contribution in [3.8, 4) is 23.0 Å². The summed E-state index contributed by atoms with van der Waals surface area (Å²) in [5.74, 6) is 0. The van der Waals surface area contributed by atoms with Crippen molar-refractivity contribution in [3.05, 3.63) is 53.8 Å². The summed E-state index contributed by atoms with van der Waals surface area (Å²) in [6, 6.07) is 11.9. The molecule has 2 aliphatic heterocycles. The molecular formula is C21H18ClN5O4. The molecule has 0 aliphatic carbocycles. The second-order valence-corrected chi connectivity index (χ2v) is 7.97. The van der Waals surface area contributed by atoms with Crippen LogP contribution in [0.5, 0.6) is 6.01 Å². The van der Waals surface area contributed by atoms with Crippen LogP contribution in [0.1, 0.15) is 0 Å². The van der Waals surface area contributed by atoms with Gasteiger partial charge in [0.2, 0.25) is 0 Å². The number of hydrogen-bond acceptors (Lipinski definition) is 7. The Hall–Kier alpha value is -2.98. The number of para-hydroxylation sites is 1. The Morgan fingerprint density at radius 3 is 2.84 bits per heavy atom. The third kappa shape index (κ3) is 3.26. The van der Waals surface area contributed by atoms with E-state index >= 15 is 0 Å². The predicted octanol–water partition coefficient (Wildman–Crippen LogP) is 2.37. The molecule has 3 aromatic heterocycles. The van der Waals surface area contributed by atoms with E-state index < -0.39 is 6.10 Å². The minimum Gasteiger partial charge on any atom is -0.456 e. The maximum Gasteiger partial charge on any atom is 0.296 e. The monoisotopic (exact) mass is 439 g/mol. The third-order valence-electron chi connectivity index (χ3n) is 5.53. The van der Waals surface area contributed by atoms with Gasteiger partial charge in [-0.1, -0.05) is 29.8 Å². The van der Waals surface area contributed by atoms with Crippen LogP contribution >= 0.6 is 11.6 Å². The Bertz CT molecular complexity index is 1240. The molecule has 0 bridgehead atoms. The highest BCUT2D eigenvalue weighted by Crippen LogP contribution is 2.32. The zero-order valence-electron chi connectivity index (χ0n) is 16.2. The van der Waals surface area contributed by atoms with Crippen LogP contribution in [0.15, 0.2) is 48.8 Å². The molecule has 2 N–H and O–H groups in total. The Labute approximate surface area is 181 Å². The molecule has 0 unspecified atom stereocenters. The van der Waals surface area contributed by atoms with Crippen molar-refractivity contribution in [1.82, 2.24) is 24.7 Å². The van der Waals surface area contributed by atoms with Gasteiger partial charge in [0.1, 0.15) is 18.3 Å². The van der Waals surface area contributed by atoms with E-state index in [1.54, 1.807) is 16.9 Å². The number of nitrogens with zero attached hydrogens (tertiary/aromatic N) is 4. The second-order valence-electron chi connectivity index (χ2n) is 7.56. The van der Waals surface area contributed by atoms with E-state index in [-0.39, 0.29) is 24.9 Å². The predicted molar refractivity (Wildman–Crippen MR) is 111 cm³/mol. The number of fused-ring (bicyclic) bond motifs is 2. The molecule has 31 heavy (non-hydrogen) atoms. The second kappa shape index (κ2) is 7.31. The number of halogens is 1. The van der Waals surface area contributed by atoms with Gasteiger partial charge in [-0.3, -0.25) is 0 Å². The average molecular weight is 440 g/mol. The highest BCUT2D eigenvalue weighted by molar-refractivity contribution is 6.33. The van der Waals surface area contributed by atoms with Gasteiger partial charge < -0.3 is 24.3 Å². The molecule has 9 nitrogen and oxygen atoms in total. The van der Waals surface area contributed by atoms with Gasteiger partial charge in [0.05, 0.1) is 41.3 Å². The molecule has 10 heteroatoms. The van der Waals surface area contributed by atoms with E-state index in [2.05, 4.69) is 20.1 Å². The van der Waals surface area contributed by atoms with Crippen LogP contribution in [0.3, 0.4) is 0 Å². The fourth-order valence-corrected chi connectivity index (χ4v) is 4.27. The molecule has 2 saturated heterocycles. The summed E-state index contributed by atoms with van der Waals surface area (Å²) in [6.45, 7) is 0.564. The van der Waals surface area contributed by atoms with Crippen LogP contribution in [0.4, 0.5) is 0 Å². The molecule has 0 amide bonds. The summed E-state index contributed by atoms with van der Waals surface area (Å²) in [4.78, 5) is 12.2. The zero-order chi connectivity index (χ0) is 20.9. The molecule has 5 heterocycles. The number of benzene rings is 1. The fraction of sp³-hybridized carbons (Fsp3) is 0.286. The number of imidazole rings is 1. The minimum atomic E-state index is -0.630. The number of ether oxygens (including phenoxy) is 3. The molecule has 0 saturated carbocycles. The number of aliphatic hydroxyl groups is 1. The van der Waals surface area contributed by atoms with Gasteiger partial charge in [-0.25, -0.2) is 9.67 Å². The normalized spacial score (nSPS) is 25.2. The smallest absolute Gasteiger partial charge is 0.296 e. The lowest BCUT2D eigenvalue weighted by molar-refractivity contribution is 0.00706. The highest BCUT2D eigenvalue weighted by Gasteiger charge is 2.48. The van der Waals surface area contributed by atoms with Crippen LogP contribution < -0.4 is 4.74 Å². The molecule has 1 aromatic carbocycles. The molecule has 4 aromatic rings. The summed E-state index contributed by atoms with van der Waals surface area (Å²) < 4.78 is 18.9. The molecule has 0 radical (unpaired) electrons. The third-order valence-corrected chi connectivity index (χ3v) is 5.81. The number of rotatable bonds is 4. The number of hydrogen-bond donors (Lipinski definition) is 2. The summed E-state index contributed by atoms with van der Waals surface area (Å²) in [7, 11) is 0. The van der Waals surface area contributed by atoms with E-state index in [4.69, 9.17) is 25.8 Å². The lowest BCUT2D eigenvalue weighted by Crippen LogP contribution is -2.34. The first-order valence-electron chi connectivity index (χ1n) is 9.90. The van der Waals surface area contributed by atoms with Gasteiger partial charge in [0.25, 0.3) is 6.01 Å². The number of aromatic amines is 1. The lowest BCUT2D eigenvalue weighted by atomic mass is 10.1. The van der Waals surface area contributed by atoms with E-state index in [0.29, 0.717) is 34.5 Å². The summed E-state index contributed by atoms with van der Waals surface area (Å²) in [5, 5.41) is 14.8. The van der Waals surface area contributed by atoms with Crippen LogP contribution in [-0.2, 0) is 9.47 Å². The van der Waals surface area contributed by atoms with E-state index in [1.165, 1.54) is 0 Å². The lowest BCUT2D eigenvalue weighted by Gasteiger charge is -2.15. The van der Waals surface area contributed by atoms with Gasteiger partial charge >= 0.3 is 0 Å². The number of aliphatic hydroxyl groups excluding tert-OH is 1. The van der Waals surface area contributed by atoms with E-state index in [9.17, 15) is 5.11 Å². The Morgan fingerprint density at radius 1 is 1.13 bits per heavy atom. The molecular weight excluding hydrogens is 422 g/mol. The van der Waals surface area contributed by atoms with Gasteiger partial charge in [-0.15, -0.1) is 0 Å². The molecule has 2 fully saturated rings. The van der Waals surface area contributed by atoms with Crippen LogP contribution in [-0.4, -0.2) is 67.5 Å². The molecule has 4 atom stereocenters. The van der Waals surface area contributed by atoms with E-state index in [0.717, 1.165) is 11.3 Å². The Morgan fingerprint density at radius 2 is 1.97 bits per heavy atom. The van der Waals surface area contributed by atoms with Crippen molar-refractivity contribution in [2.24, 2.45) is 0 Å². The maximum absolute atomic E-state index is 9.88. The number of H-pyrrole nitrogens is 1. The molecule has 6 rings (SSSR count). The van der Waals surface area contributed by atoms with Gasteiger partial charge in [0, 0.05) is 11.8 Å². The van der Waals surface area contributed by atoms with Crippen molar-refractivity contribution >= 4 is 22.8 Å².